The van der Waals surface area contributed by atoms with E-state index in [4.69, 9.17) is 10.5 Å². The van der Waals surface area contributed by atoms with Crippen LogP contribution in [0.2, 0.25) is 0 Å². The molecule has 0 saturated carbocycles. The Morgan fingerprint density at radius 2 is 2.14 bits per heavy atom. The molecule has 2 N–H and O–H groups in total. The van der Waals surface area contributed by atoms with Crippen molar-refractivity contribution in [1.82, 2.24) is 19.3 Å². The van der Waals surface area contributed by atoms with Gasteiger partial charge in [0.1, 0.15) is 23.3 Å². The summed E-state index contributed by atoms with van der Waals surface area (Å²) in [5, 5.41) is 4.14. The van der Waals surface area contributed by atoms with Gasteiger partial charge in [-0.25, -0.2) is 9.67 Å². The van der Waals surface area contributed by atoms with Crippen LogP contribution in [0.15, 0.2) is 35.3 Å². The van der Waals surface area contributed by atoms with E-state index in [1.54, 1.807) is 24.3 Å². The number of aromatic nitrogens is 4. The zero-order valence-electron chi connectivity index (χ0n) is 16.3. The number of carbonyl (C=O) groups is 1. The Kier molecular flexibility index (Phi) is 5.74. The second-order valence-corrected chi connectivity index (χ2v) is 6.36. The molecule has 0 amide bonds. The van der Waals surface area contributed by atoms with Gasteiger partial charge in [-0.05, 0) is 19.1 Å². The Bertz CT molecular complexity index is 1060. The Balaban J connectivity index is 1.99. The topological polar surface area (TPSA) is 108 Å². The van der Waals surface area contributed by atoms with Crippen molar-refractivity contribution >= 4 is 22.8 Å². The zero-order chi connectivity index (χ0) is 20.3. The molecule has 0 radical (unpaired) electrons. The minimum atomic E-state index is -0.351. The number of benzene rings is 1. The summed E-state index contributed by atoms with van der Waals surface area (Å²) in [7, 11) is 3.41. The molecule has 3 aromatic rings. The smallest absolute Gasteiger partial charge is 0.293 e. The molecule has 2 heterocycles. The zero-order valence-corrected chi connectivity index (χ0v) is 16.3. The second-order valence-electron chi connectivity index (χ2n) is 6.36. The van der Waals surface area contributed by atoms with E-state index in [0.717, 1.165) is 0 Å². The molecule has 0 unspecified atom stereocenters. The minimum absolute atomic E-state index is 0.162. The van der Waals surface area contributed by atoms with E-state index in [2.05, 4.69) is 10.1 Å². The van der Waals surface area contributed by atoms with Crippen LogP contribution >= 0.6 is 0 Å². The number of imidazole rings is 1. The quantitative estimate of drug-likeness (QED) is 0.575. The third-order valence-electron chi connectivity index (χ3n) is 4.54. The van der Waals surface area contributed by atoms with E-state index < -0.39 is 0 Å². The molecule has 0 aliphatic rings. The van der Waals surface area contributed by atoms with Gasteiger partial charge in [-0.2, -0.15) is 5.10 Å². The summed E-state index contributed by atoms with van der Waals surface area (Å²) in [6.45, 7) is 3.42. The molecule has 0 fully saturated rings. The van der Waals surface area contributed by atoms with E-state index >= 15 is 0 Å². The molecule has 1 aromatic carbocycles. The van der Waals surface area contributed by atoms with Crippen LogP contribution in [-0.2, 0) is 13.1 Å². The highest BCUT2D eigenvalue weighted by Crippen LogP contribution is 2.19. The maximum absolute atomic E-state index is 13.0. The maximum atomic E-state index is 13.0. The summed E-state index contributed by atoms with van der Waals surface area (Å²) >= 11 is 0. The number of nitrogens with two attached hydrogens (primary N) is 1. The molecular formula is C19H24N6O3. The molecular weight excluding hydrogens is 360 g/mol. The number of ketones is 1. The fourth-order valence-corrected chi connectivity index (χ4v) is 3.09. The Labute approximate surface area is 162 Å². The van der Waals surface area contributed by atoms with Crippen molar-refractivity contribution in [3.8, 4) is 5.75 Å². The van der Waals surface area contributed by atoms with Gasteiger partial charge in [0.05, 0.1) is 13.3 Å². The maximum Gasteiger partial charge on any atom is 0.293 e. The van der Waals surface area contributed by atoms with Gasteiger partial charge >= 0.3 is 0 Å². The van der Waals surface area contributed by atoms with Gasteiger partial charge in [0.2, 0.25) is 5.95 Å². The first-order valence-corrected chi connectivity index (χ1v) is 9.05. The number of fused-ring (bicyclic) bond motifs is 1. The molecule has 0 aliphatic heterocycles. The van der Waals surface area contributed by atoms with E-state index in [0.29, 0.717) is 47.9 Å². The van der Waals surface area contributed by atoms with Crippen LogP contribution in [0.1, 0.15) is 17.3 Å². The summed E-state index contributed by atoms with van der Waals surface area (Å²) in [4.78, 5) is 32.1. The number of likely N-dealkylation sites (N-methyl/N-ethyl adjacent to an activating group) is 1. The number of hydrogen-bond donors (Lipinski definition) is 1. The number of methoxy groups -OCH3 is 1. The number of ether oxygens (including phenoxy) is 1. The van der Waals surface area contributed by atoms with Crippen LogP contribution < -0.4 is 20.9 Å². The van der Waals surface area contributed by atoms with Crippen molar-refractivity contribution in [2.75, 3.05) is 32.1 Å². The lowest BCUT2D eigenvalue weighted by molar-refractivity contribution is 0.0965. The molecule has 9 nitrogen and oxygen atoms in total. The standard InChI is InChI=1S/C19H24N6O3/c1-4-24-17-15(22-19(24)23(2)9-8-20)11-21-25(18(17)27)12-16(26)13-6-5-7-14(10-13)28-3/h5-7,10-11H,4,8-9,12,20H2,1-3H3. The van der Waals surface area contributed by atoms with Gasteiger partial charge in [0, 0.05) is 32.2 Å². The third kappa shape index (κ3) is 3.61. The largest absolute Gasteiger partial charge is 0.497 e. The lowest BCUT2D eigenvalue weighted by atomic mass is 10.1. The number of carbonyl (C=O) groups excluding carboxylic acids is 1. The lowest BCUT2D eigenvalue weighted by Crippen LogP contribution is -2.29. The summed E-state index contributed by atoms with van der Waals surface area (Å²) in [6, 6.07) is 6.82. The van der Waals surface area contributed by atoms with Crippen molar-refractivity contribution in [3.05, 3.63) is 46.4 Å². The Hall–Kier alpha value is -3.20. The SMILES string of the molecule is CCn1c(N(C)CCN)nc2cnn(CC(=O)c3cccc(OC)c3)c(=O)c21. The first-order valence-electron chi connectivity index (χ1n) is 9.05. The number of Topliss-reactive ketones (excluding diaryl/α,β-unsaturated/α-hetero) is 1. The fraction of sp³-hybridized carbons (Fsp3) is 0.368. The number of rotatable bonds is 8. The van der Waals surface area contributed by atoms with Gasteiger partial charge < -0.3 is 19.9 Å². The highest BCUT2D eigenvalue weighted by atomic mass is 16.5. The van der Waals surface area contributed by atoms with Crippen LogP contribution in [0.3, 0.4) is 0 Å². The molecule has 28 heavy (non-hydrogen) atoms. The number of anilines is 1. The predicted molar refractivity (Wildman–Crippen MR) is 107 cm³/mol. The van der Waals surface area contributed by atoms with Crippen LogP contribution in [0, 0.1) is 0 Å². The van der Waals surface area contributed by atoms with Crippen molar-refractivity contribution in [2.24, 2.45) is 5.73 Å². The summed E-state index contributed by atoms with van der Waals surface area (Å²) in [5.74, 6) is 1.01. The van der Waals surface area contributed by atoms with Crippen LogP contribution in [0.25, 0.3) is 11.0 Å². The van der Waals surface area contributed by atoms with Gasteiger partial charge in [0.15, 0.2) is 5.78 Å². The molecule has 9 heteroatoms. The monoisotopic (exact) mass is 384 g/mol. The lowest BCUT2D eigenvalue weighted by Gasteiger charge is -2.18. The minimum Gasteiger partial charge on any atom is -0.497 e. The Morgan fingerprint density at radius 3 is 2.82 bits per heavy atom. The molecule has 0 atom stereocenters. The van der Waals surface area contributed by atoms with Gasteiger partial charge in [-0.15, -0.1) is 0 Å². The van der Waals surface area contributed by atoms with Gasteiger partial charge in [0.25, 0.3) is 5.56 Å². The van der Waals surface area contributed by atoms with Crippen molar-refractivity contribution in [2.45, 2.75) is 20.0 Å². The fourth-order valence-electron chi connectivity index (χ4n) is 3.09. The van der Waals surface area contributed by atoms with E-state index in [-0.39, 0.29) is 17.9 Å². The van der Waals surface area contributed by atoms with Crippen molar-refractivity contribution in [1.29, 1.82) is 0 Å². The third-order valence-corrected chi connectivity index (χ3v) is 4.54. The first-order chi connectivity index (χ1) is 13.5. The number of hydrogen-bond acceptors (Lipinski definition) is 7. The second kappa shape index (κ2) is 8.22. The molecule has 0 saturated heterocycles. The van der Waals surface area contributed by atoms with Gasteiger partial charge in [-0.1, -0.05) is 12.1 Å². The highest BCUT2D eigenvalue weighted by Gasteiger charge is 2.19. The molecule has 2 aromatic heterocycles. The molecule has 148 valence electrons. The predicted octanol–water partition coefficient (Wildman–Crippen LogP) is 0.899. The number of nitrogens with zero attached hydrogens (tertiary/aromatic N) is 5. The molecule has 3 rings (SSSR count). The molecule has 0 spiro atoms. The number of aryl methyl sites for hydroxylation is 1. The highest BCUT2D eigenvalue weighted by molar-refractivity contribution is 5.96. The van der Waals surface area contributed by atoms with Crippen LogP contribution in [-0.4, -0.2) is 52.4 Å². The summed E-state index contributed by atoms with van der Waals surface area (Å²) in [6.07, 6.45) is 1.52. The average molecular weight is 384 g/mol. The summed E-state index contributed by atoms with van der Waals surface area (Å²) in [5.41, 5.74) is 6.66. The normalized spacial score (nSPS) is 11.0. The van der Waals surface area contributed by atoms with E-state index in [1.165, 1.54) is 18.0 Å². The van der Waals surface area contributed by atoms with Gasteiger partial charge in [-0.3, -0.25) is 9.59 Å². The van der Waals surface area contributed by atoms with E-state index in [1.807, 2.05) is 23.4 Å². The van der Waals surface area contributed by atoms with Crippen molar-refractivity contribution < 1.29 is 9.53 Å². The van der Waals surface area contributed by atoms with Crippen molar-refractivity contribution in [3.63, 3.8) is 0 Å². The average Bonchev–Trinajstić information content (AvgIpc) is 3.09. The molecule has 0 bridgehead atoms. The van der Waals surface area contributed by atoms with Crippen LogP contribution in [0.4, 0.5) is 5.95 Å². The van der Waals surface area contributed by atoms with Crippen LogP contribution in [0.5, 0.6) is 5.75 Å². The summed E-state index contributed by atoms with van der Waals surface area (Å²) < 4.78 is 8.14. The molecule has 0 aliphatic carbocycles. The Morgan fingerprint density at radius 1 is 1.36 bits per heavy atom. The van der Waals surface area contributed by atoms with E-state index in [9.17, 15) is 9.59 Å². The first kappa shape index (κ1) is 19.6.